The predicted molar refractivity (Wildman–Crippen MR) is 62.2 cm³/mol. The van der Waals surface area contributed by atoms with Gasteiger partial charge in [0.2, 0.25) is 0 Å². The number of aromatic nitrogens is 2. The average molecular weight is 238 g/mol. The fourth-order valence-corrected chi connectivity index (χ4v) is 1.59. The summed E-state index contributed by atoms with van der Waals surface area (Å²) in [6, 6.07) is 5.17. The van der Waals surface area contributed by atoms with E-state index in [2.05, 4.69) is 15.3 Å². The number of hydrogen-bond acceptors (Lipinski definition) is 3. The molecular weight excluding hydrogens is 226 g/mol. The van der Waals surface area contributed by atoms with E-state index < -0.39 is 0 Å². The van der Waals surface area contributed by atoms with Crippen molar-refractivity contribution in [3.63, 3.8) is 0 Å². The van der Waals surface area contributed by atoms with Crippen molar-refractivity contribution >= 4 is 11.6 Å². The Bertz CT molecular complexity index is 456. The first kappa shape index (κ1) is 11.0. The lowest BCUT2D eigenvalue weighted by Gasteiger charge is -2.04. The van der Waals surface area contributed by atoms with Crippen molar-refractivity contribution in [3.8, 4) is 5.75 Å². The molecule has 0 unspecified atom stereocenters. The summed E-state index contributed by atoms with van der Waals surface area (Å²) in [7, 11) is 0. The van der Waals surface area contributed by atoms with Crippen LogP contribution >= 0.6 is 11.6 Å². The summed E-state index contributed by atoms with van der Waals surface area (Å²) in [6.07, 6.45) is 3.42. The van der Waals surface area contributed by atoms with E-state index in [-0.39, 0.29) is 5.75 Å². The molecule has 0 aliphatic heterocycles. The van der Waals surface area contributed by atoms with Crippen LogP contribution in [0.5, 0.6) is 5.75 Å². The molecule has 16 heavy (non-hydrogen) atoms. The van der Waals surface area contributed by atoms with Crippen molar-refractivity contribution in [3.05, 3.63) is 47.0 Å². The van der Waals surface area contributed by atoms with E-state index >= 15 is 0 Å². The molecule has 0 amide bonds. The maximum atomic E-state index is 9.25. The van der Waals surface area contributed by atoms with Crippen LogP contribution in [0.15, 0.2) is 30.7 Å². The number of benzene rings is 1. The minimum atomic E-state index is 0.110. The number of aromatic amines is 1. The van der Waals surface area contributed by atoms with Gasteiger partial charge in [-0.2, -0.15) is 0 Å². The molecular formula is C11H12ClN3O. The second kappa shape index (κ2) is 5.01. The summed E-state index contributed by atoms with van der Waals surface area (Å²) in [5.41, 5.74) is 2.06. The van der Waals surface area contributed by atoms with Crippen LogP contribution in [0.2, 0.25) is 5.02 Å². The Hall–Kier alpha value is -1.52. The molecule has 4 nitrogen and oxygen atoms in total. The van der Waals surface area contributed by atoms with E-state index in [1.54, 1.807) is 24.7 Å². The zero-order chi connectivity index (χ0) is 11.4. The van der Waals surface area contributed by atoms with Gasteiger partial charge in [-0.1, -0.05) is 17.7 Å². The number of H-pyrrole nitrogens is 1. The van der Waals surface area contributed by atoms with Crippen LogP contribution in [0.3, 0.4) is 0 Å². The topological polar surface area (TPSA) is 60.9 Å². The lowest BCUT2D eigenvalue weighted by Crippen LogP contribution is -2.12. The van der Waals surface area contributed by atoms with Gasteiger partial charge in [0.1, 0.15) is 5.75 Å². The van der Waals surface area contributed by atoms with Crippen LogP contribution in [0.4, 0.5) is 0 Å². The van der Waals surface area contributed by atoms with Gasteiger partial charge in [0.25, 0.3) is 0 Å². The van der Waals surface area contributed by atoms with Gasteiger partial charge in [0, 0.05) is 25.0 Å². The maximum Gasteiger partial charge on any atom is 0.134 e. The lowest BCUT2D eigenvalue weighted by molar-refractivity contribution is 0.475. The smallest absolute Gasteiger partial charge is 0.134 e. The van der Waals surface area contributed by atoms with Crippen LogP contribution in [0.25, 0.3) is 0 Å². The van der Waals surface area contributed by atoms with Crippen LogP contribution in [-0.4, -0.2) is 15.1 Å². The molecule has 0 aliphatic carbocycles. The summed E-state index contributed by atoms with van der Waals surface area (Å²) < 4.78 is 0. The fraction of sp³-hybridized carbons (Fsp3) is 0.182. The molecule has 0 radical (unpaired) electrons. The van der Waals surface area contributed by atoms with E-state index in [0.717, 1.165) is 17.8 Å². The maximum absolute atomic E-state index is 9.25. The molecule has 84 valence electrons. The molecule has 3 N–H and O–H groups in total. The monoisotopic (exact) mass is 237 g/mol. The molecule has 0 aliphatic rings. The third kappa shape index (κ3) is 2.74. The summed E-state index contributed by atoms with van der Waals surface area (Å²) in [5.74, 6) is 0.110. The number of halogens is 1. The molecule has 0 fully saturated rings. The Morgan fingerprint density at radius 3 is 2.94 bits per heavy atom. The second-order valence-electron chi connectivity index (χ2n) is 3.47. The number of nitrogens with one attached hydrogen (secondary N) is 2. The third-order valence-electron chi connectivity index (χ3n) is 2.21. The Kier molecular flexibility index (Phi) is 3.44. The first-order chi connectivity index (χ1) is 7.75. The zero-order valence-corrected chi connectivity index (χ0v) is 9.33. The molecule has 1 aromatic carbocycles. The number of aromatic hydroxyl groups is 1. The second-order valence-corrected chi connectivity index (χ2v) is 3.87. The highest BCUT2D eigenvalue weighted by atomic mass is 35.5. The Morgan fingerprint density at radius 2 is 2.25 bits per heavy atom. The van der Waals surface area contributed by atoms with Crippen LogP contribution in [0.1, 0.15) is 11.3 Å². The summed E-state index contributed by atoms with van der Waals surface area (Å²) in [5, 5.41) is 12.9. The van der Waals surface area contributed by atoms with Gasteiger partial charge in [-0.15, -0.1) is 0 Å². The summed E-state index contributed by atoms with van der Waals surface area (Å²) in [6.45, 7) is 1.41. The minimum Gasteiger partial charge on any atom is -0.506 e. The number of phenolic OH excluding ortho intramolecular Hbond substituents is 1. The van der Waals surface area contributed by atoms with Crippen LogP contribution in [0, 0.1) is 0 Å². The first-order valence-corrected chi connectivity index (χ1v) is 5.29. The lowest BCUT2D eigenvalue weighted by atomic mass is 10.2. The van der Waals surface area contributed by atoms with E-state index in [9.17, 15) is 5.11 Å². The highest BCUT2D eigenvalue weighted by molar-refractivity contribution is 6.32. The van der Waals surface area contributed by atoms with Gasteiger partial charge in [-0.3, -0.25) is 0 Å². The molecule has 0 spiro atoms. The van der Waals surface area contributed by atoms with Crippen molar-refractivity contribution < 1.29 is 5.11 Å². The molecule has 1 heterocycles. The third-order valence-corrected chi connectivity index (χ3v) is 2.51. The number of phenols is 1. The fourth-order valence-electron chi connectivity index (χ4n) is 1.38. The molecule has 1 aromatic heterocycles. The Morgan fingerprint density at radius 1 is 1.38 bits per heavy atom. The first-order valence-electron chi connectivity index (χ1n) is 4.91. The Labute approximate surface area is 98.3 Å². The van der Waals surface area contributed by atoms with Crippen molar-refractivity contribution in [1.82, 2.24) is 15.3 Å². The molecule has 0 atom stereocenters. The van der Waals surface area contributed by atoms with Gasteiger partial charge in [-0.05, 0) is 17.7 Å². The number of nitrogens with zero attached hydrogens (tertiary/aromatic N) is 1. The molecule has 2 rings (SSSR count). The summed E-state index contributed by atoms with van der Waals surface area (Å²) in [4.78, 5) is 6.93. The van der Waals surface area contributed by atoms with E-state index in [0.29, 0.717) is 11.6 Å². The van der Waals surface area contributed by atoms with E-state index in [4.69, 9.17) is 11.6 Å². The van der Waals surface area contributed by atoms with Gasteiger partial charge in [0.15, 0.2) is 0 Å². The number of hydrogen-bond donors (Lipinski definition) is 3. The molecule has 5 heteroatoms. The van der Waals surface area contributed by atoms with Crippen molar-refractivity contribution in [1.29, 1.82) is 0 Å². The zero-order valence-electron chi connectivity index (χ0n) is 8.57. The van der Waals surface area contributed by atoms with Gasteiger partial charge >= 0.3 is 0 Å². The molecule has 0 saturated carbocycles. The average Bonchev–Trinajstić information content (AvgIpc) is 2.76. The normalized spacial score (nSPS) is 10.6. The molecule has 0 bridgehead atoms. The van der Waals surface area contributed by atoms with Crippen LogP contribution in [-0.2, 0) is 13.1 Å². The van der Waals surface area contributed by atoms with Gasteiger partial charge in [-0.25, -0.2) is 4.98 Å². The SMILES string of the molecule is Oc1ccc(CNCc2cnc[nH]2)cc1Cl. The van der Waals surface area contributed by atoms with E-state index in [1.165, 1.54) is 0 Å². The number of rotatable bonds is 4. The highest BCUT2D eigenvalue weighted by Gasteiger charge is 2.00. The Balaban J connectivity index is 1.87. The minimum absolute atomic E-state index is 0.110. The van der Waals surface area contributed by atoms with Gasteiger partial charge < -0.3 is 15.4 Å². The summed E-state index contributed by atoms with van der Waals surface area (Å²) >= 11 is 5.80. The number of imidazole rings is 1. The van der Waals surface area contributed by atoms with E-state index in [1.807, 2.05) is 6.07 Å². The molecule has 2 aromatic rings. The van der Waals surface area contributed by atoms with Crippen molar-refractivity contribution in [2.75, 3.05) is 0 Å². The highest BCUT2D eigenvalue weighted by Crippen LogP contribution is 2.23. The van der Waals surface area contributed by atoms with Gasteiger partial charge in [0.05, 0.1) is 11.3 Å². The van der Waals surface area contributed by atoms with Crippen LogP contribution < -0.4 is 5.32 Å². The molecule has 0 saturated heterocycles. The largest absolute Gasteiger partial charge is 0.506 e. The van der Waals surface area contributed by atoms with Crippen molar-refractivity contribution in [2.45, 2.75) is 13.1 Å². The standard InChI is InChI=1S/C11H12ClN3O/c12-10-3-8(1-2-11(10)16)4-13-5-9-6-14-7-15-9/h1-3,6-7,13,16H,4-5H2,(H,14,15). The quantitative estimate of drug-likeness (QED) is 0.763. The van der Waals surface area contributed by atoms with Crippen molar-refractivity contribution in [2.24, 2.45) is 0 Å². The predicted octanol–water partition coefficient (Wildman–Crippen LogP) is 2.06.